The van der Waals surface area contributed by atoms with Crippen LogP contribution in [0.1, 0.15) is 5.82 Å². The third-order valence-corrected chi connectivity index (χ3v) is 2.34. The van der Waals surface area contributed by atoms with Gasteiger partial charge in [0.1, 0.15) is 17.5 Å². The molecule has 2 aromatic rings. The topological polar surface area (TPSA) is 25.8 Å². The maximum absolute atomic E-state index is 13.5. The molecule has 0 aliphatic rings. The van der Waals surface area contributed by atoms with E-state index in [2.05, 4.69) is 22.6 Å². The Kier molecular flexibility index (Phi) is 3.14. The van der Waals surface area contributed by atoms with E-state index in [0.717, 1.165) is 6.07 Å². The van der Waals surface area contributed by atoms with E-state index in [1.54, 1.807) is 6.07 Å². The van der Waals surface area contributed by atoms with E-state index in [1.165, 1.54) is 18.3 Å². The molecular weight excluding hydrogens is 230 g/mol. The molecule has 0 aliphatic carbocycles. The van der Waals surface area contributed by atoms with Crippen molar-refractivity contribution in [2.75, 3.05) is 0 Å². The van der Waals surface area contributed by atoms with Crippen LogP contribution in [0.25, 0.3) is 11.3 Å². The Morgan fingerprint density at radius 1 is 1.19 bits per heavy atom. The summed E-state index contributed by atoms with van der Waals surface area (Å²) in [5, 5.41) is 0. The fraction of sp³-hybridized carbons (Fsp3) is 0.0909. The predicted octanol–water partition coefficient (Wildman–Crippen LogP) is 2.85. The largest absolute Gasteiger partial charge is 0.240 e. The van der Waals surface area contributed by atoms with Crippen LogP contribution in [-0.2, 0) is 5.75 Å². The van der Waals surface area contributed by atoms with Crippen LogP contribution in [0.5, 0.6) is 0 Å². The molecule has 0 spiro atoms. The minimum absolute atomic E-state index is 0.256. The molecule has 0 saturated carbocycles. The lowest BCUT2D eigenvalue weighted by Gasteiger charge is -2.03. The molecule has 0 bridgehead atoms. The second-order valence-electron chi connectivity index (χ2n) is 3.14. The Balaban J connectivity index is 2.49. The molecule has 1 heterocycles. The molecule has 16 heavy (non-hydrogen) atoms. The fourth-order valence-corrected chi connectivity index (χ4v) is 1.47. The molecule has 0 saturated heterocycles. The van der Waals surface area contributed by atoms with E-state index in [4.69, 9.17) is 0 Å². The molecular formula is C11H8F2N2S. The van der Waals surface area contributed by atoms with Gasteiger partial charge in [0.25, 0.3) is 0 Å². The molecule has 0 amide bonds. The van der Waals surface area contributed by atoms with E-state index < -0.39 is 11.6 Å². The van der Waals surface area contributed by atoms with Crippen molar-refractivity contribution in [3.8, 4) is 11.3 Å². The zero-order valence-corrected chi connectivity index (χ0v) is 9.09. The van der Waals surface area contributed by atoms with Gasteiger partial charge >= 0.3 is 0 Å². The van der Waals surface area contributed by atoms with E-state index in [9.17, 15) is 8.78 Å². The molecule has 0 radical (unpaired) electrons. The van der Waals surface area contributed by atoms with Gasteiger partial charge < -0.3 is 0 Å². The van der Waals surface area contributed by atoms with Gasteiger partial charge in [0.05, 0.1) is 11.4 Å². The summed E-state index contributed by atoms with van der Waals surface area (Å²) < 4.78 is 26.2. The van der Waals surface area contributed by atoms with Crippen LogP contribution in [0, 0.1) is 11.6 Å². The molecule has 2 nitrogen and oxygen atoms in total. The number of halogens is 2. The molecule has 0 fully saturated rings. The van der Waals surface area contributed by atoms with E-state index >= 15 is 0 Å². The molecule has 5 heteroatoms. The molecule has 1 aromatic carbocycles. The van der Waals surface area contributed by atoms with Gasteiger partial charge in [-0.3, -0.25) is 0 Å². The second kappa shape index (κ2) is 4.57. The molecule has 82 valence electrons. The first-order valence-electron chi connectivity index (χ1n) is 4.59. The van der Waals surface area contributed by atoms with Crippen molar-refractivity contribution >= 4 is 12.6 Å². The van der Waals surface area contributed by atoms with Crippen molar-refractivity contribution < 1.29 is 8.78 Å². The third kappa shape index (κ3) is 2.19. The van der Waals surface area contributed by atoms with E-state index in [-0.39, 0.29) is 5.56 Å². The molecule has 1 aromatic heterocycles. The summed E-state index contributed by atoms with van der Waals surface area (Å²) in [5.41, 5.74) is 0.684. The summed E-state index contributed by atoms with van der Waals surface area (Å²) in [5.74, 6) is -0.366. The van der Waals surface area contributed by atoms with Gasteiger partial charge in [0.15, 0.2) is 0 Å². The van der Waals surface area contributed by atoms with E-state index in [1.807, 2.05) is 0 Å². The van der Waals surface area contributed by atoms with Gasteiger partial charge in [-0.2, -0.15) is 12.6 Å². The van der Waals surface area contributed by atoms with E-state index in [0.29, 0.717) is 17.3 Å². The first kappa shape index (κ1) is 11.0. The van der Waals surface area contributed by atoms with Gasteiger partial charge in [-0.1, -0.05) is 0 Å². The lowest BCUT2D eigenvalue weighted by Crippen LogP contribution is -1.95. The number of benzene rings is 1. The zero-order valence-electron chi connectivity index (χ0n) is 8.19. The monoisotopic (exact) mass is 238 g/mol. The normalized spacial score (nSPS) is 10.4. The summed E-state index contributed by atoms with van der Waals surface area (Å²) >= 11 is 4.03. The highest BCUT2D eigenvalue weighted by Gasteiger charge is 2.08. The van der Waals surface area contributed by atoms with Crippen LogP contribution >= 0.6 is 12.6 Å². The van der Waals surface area contributed by atoms with Gasteiger partial charge in [-0.05, 0) is 18.2 Å². The maximum Gasteiger partial charge on any atom is 0.138 e. The Bertz CT molecular complexity index is 517. The van der Waals surface area contributed by atoms with Crippen LogP contribution in [0.4, 0.5) is 8.78 Å². The van der Waals surface area contributed by atoms with Crippen LogP contribution in [0.3, 0.4) is 0 Å². The summed E-state index contributed by atoms with van der Waals surface area (Å²) in [6.07, 6.45) is 1.52. The first-order valence-corrected chi connectivity index (χ1v) is 5.22. The Morgan fingerprint density at radius 2 is 2.00 bits per heavy atom. The molecule has 2 rings (SSSR count). The van der Waals surface area contributed by atoms with Gasteiger partial charge in [-0.25, -0.2) is 18.7 Å². The predicted molar refractivity (Wildman–Crippen MR) is 60.1 cm³/mol. The highest BCUT2D eigenvalue weighted by molar-refractivity contribution is 7.79. The Hall–Kier alpha value is -1.49. The summed E-state index contributed by atoms with van der Waals surface area (Å²) in [7, 11) is 0. The number of hydrogen-bond donors (Lipinski definition) is 1. The molecule has 0 N–H and O–H groups in total. The van der Waals surface area contributed by atoms with Crippen LogP contribution in [0.15, 0.2) is 30.5 Å². The van der Waals surface area contributed by atoms with Gasteiger partial charge in [0, 0.05) is 17.8 Å². The number of aromatic nitrogens is 2. The molecule has 0 atom stereocenters. The summed E-state index contributed by atoms with van der Waals surface area (Å²) in [6.45, 7) is 0. The van der Waals surface area contributed by atoms with Crippen molar-refractivity contribution in [1.82, 2.24) is 9.97 Å². The average molecular weight is 238 g/mol. The van der Waals surface area contributed by atoms with Gasteiger partial charge in [-0.15, -0.1) is 0 Å². The first-order chi connectivity index (χ1) is 7.70. The summed E-state index contributed by atoms with van der Waals surface area (Å²) in [4.78, 5) is 8.05. The minimum atomic E-state index is -0.635. The lowest BCUT2D eigenvalue weighted by molar-refractivity contribution is 0.585. The van der Waals surface area contributed by atoms with Crippen molar-refractivity contribution in [3.05, 3.63) is 47.9 Å². The van der Waals surface area contributed by atoms with Crippen molar-refractivity contribution in [3.63, 3.8) is 0 Å². The average Bonchev–Trinajstić information content (AvgIpc) is 2.29. The molecule has 0 aliphatic heterocycles. The zero-order chi connectivity index (χ0) is 11.5. The minimum Gasteiger partial charge on any atom is -0.240 e. The fourth-order valence-electron chi connectivity index (χ4n) is 1.32. The quantitative estimate of drug-likeness (QED) is 0.814. The Morgan fingerprint density at radius 3 is 2.69 bits per heavy atom. The third-order valence-electron chi connectivity index (χ3n) is 2.05. The van der Waals surface area contributed by atoms with Gasteiger partial charge in [0.2, 0.25) is 0 Å². The number of rotatable bonds is 2. The number of hydrogen-bond acceptors (Lipinski definition) is 3. The van der Waals surface area contributed by atoms with Crippen molar-refractivity contribution in [2.24, 2.45) is 0 Å². The SMILES string of the molecule is Fc1ccc(-c2ccnc(CS)n2)c(F)c1. The number of thiol groups is 1. The standard InChI is InChI=1S/C11H8F2N2S/c12-7-1-2-8(9(13)5-7)10-3-4-14-11(6-16)15-10/h1-5,16H,6H2. The Labute approximate surface area is 96.8 Å². The smallest absolute Gasteiger partial charge is 0.138 e. The number of nitrogens with zero attached hydrogens (tertiary/aromatic N) is 2. The maximum atomic E-state index is 13.5. The summed E-state index contributed by atoms with van der Waals surface area (Å²) in [6, 6.07) is 4.96. The second-order valence-corrected chi connectivity index (χ2v) is 3.46. The van der Waals surface area contributed by atoms with Crippen molar-refractivity contribution in [1.29, 1.82) is 0 Å². The van der Waals surface area contributed by atoms with Crippen LogP contribution in [-0.4, -0.2) is 9.97 Å². The van der Waals surface area contributed by atoms with Crippen molar-refractivity contribution in [2.45, 2.75) is 5.75 Å². The highest BCUT2D eigenvalue weighted by atomic mass is 32.1. The van der Waals surface area contributed by atoms with Crippen LogP contribution in [0.2, 0.25) is 0 Å². The van der Waals surface area contributed by atoms with Crippen LogP contribution < -0.4 is 0 Å². The lowest BCUT2D eigenvalue weighted by atomic mass is 10.1. The highest BCUT2D eigenvalue weighted by Crippen LogP contribution is 2.21. The molecule has 0 unspecified atom stereocenters.